The van der Waals surface area contributed by atoms with E-state index in [2.05, 4.69) is 27.0 Å². The third-order valence-corrected chi connectivity index (χ3v) is 11.3. The molecule has 7 nitrogen and oxygen atoms in total. The van der Waals surface area contributed by atoms with Crippen molar-refractivity contribution in [1.29, 1.82) is 0 Å². The van der Waals surface area contributed by atoms with Gasteiger partial charge in [0.2, 0.25) is 5.91 Å². The van der Waals surface area contributed by atoms with Crippen molar-refractivity contribution in [2.45, 2.75) is 76.3 Å². The van der Waals surface area contributed by atoms with Gasteiger partial charge in [-0.3, -0.25) is 4.79 Å². The first kappa shape index (κ1) is 24.5. The van der Waals surface area contributed by atoms with E-state index < -0.39 is 0 Å². The fourth-order valence-corrected chi connectivity index (χ4v) is 10.1. The van der Waals surface area contributed by atoms with E-state index in [9.17, 15) is 9.59 Å². The van der Waals surface area contributed by atoms with Crippen LogP contribution in [0.3, 0.4) is 0 Å². The highest BCUT2D eigenvalue weighted by molar-refractivity contribution is 7.99. The molecule has 194 valence electrons. The number of carbonyl (C=O) groups excluding carboxylic acids is 2. The second-order valence-electron chi connectivity index (χ2n) is 11.9. The third-order valence-electron chi connectivity index (χ3n) is 9.11. The van der Waals surface area contributed by atoms with E-state index in [1.165, 1.54) is 73.6 Å². The Bertz CT molecular complexity index is 1150. The molecule has 7 rings (SSSR count). The summed E-state index contributed by atoms with van der Waals surface area (Å²) < 4.78 is 7.13. The summed E-state index contributed by atoms with van der Waals surface area (Å²) in [6, 6.07) is 0. The second kappa shape index (κ2) is 9.46. The first-order valence-corrected chi connectivity index (χ1v) is 15.2. The van der Waals surface area contributed by atoms with Gasteiger partial charge in [-0.25, -0.2) is 4.79 Å². The lowest BCUT2D eigenvalue weighted by molar-refractivity contribution is -0.113. The van der Waals surface area contributed by atoms with Crippen LogP contribution in [-0.2, 0) is 35.8 Å². The molecule has 0 aliphatic heterocycles. The lowest BCUT2D eigenvalue weighted by Crippen LogP contribution is -2.47. The van der Waals surface area contributed by atoms with E-state index in [4.69, 9.17) is 4.74 Å². The highest BCUT2D eigenvalue weighted by atomic mass is 32.2. The minimum absolute atomic E-state index is 0.137. The molecule has 5 aliphatic rings. The van der Waals surface area contributed by atoms with Gasteiger partial charge < -0.3 is 14.6 Å². The number of ether oxygens (including phenoxy) is 1. The fourth-order valence-electron chi connectivity index (χ4n) is 7.92. The zero-order chi connectivity index (χ0) is 25.0. The number of nitrogens with one attached hydrogen (secondary N) is 1. The number of thiophene rings is 1. The van der Waals surface area contributed by atoms with Gasteiger partial charge in [-0.15, -0.1) is 21.5 Å². The molecular formula is C27H36N4O3S2. The summed E-state index contributed by atoms with van der Waals surface area (Å²) in [5, 5.41) is 13.4. The van der Waals surface area contributed by atoms with E-state index in [1.54, 1.807) is 0 Å². The van der Waals surface area contributed by atoms with Crippen LogP contribution in [0.15, 0.2) is 5.16 Å². The molecule has 0 saturated heterocycles. The molecule has 4 fully saturated rings. The maximum Gasteiger partial charge on any atom is 0.341 e. The number of hydrogen-bond acceptors (Lipinski definition) is 7. The number of nitrogens with zero attached hydrogens (tertiary/aromatic N) is 3. The Labute approximate surface area is 221 Å². The van der Waals surface area contributed by atoms with Gasteiger partial charge in [0.05, 0.1) is 18.4 Å². The van der Waals surface area contributed by atoms with Crippen LogP contribution in [0, 0.1) is 29.1 Å². The van der Waals surface area contributed by atoms with Crippen molar-refractivity contribution >= 4 is 40.0 Å². The SMILES string of the molecule is COC(=O)c1c(NC(=O)CSc2nnc(CC34CC5CC(CC(C5)C3)C4)n2C)sc2c1CCC(C)C2. The number of hydrogen-bond donors (Lipinski definition) is 1. The molecule has 0 radical (unpaired) electrons. The van der Waals surface area contributed by atoms with E-state index in [1.807, 2.05) is 7.05 Å². The number of carbonyl (C=O) groups is 2. The lowest BCUT2D eigenvalue weighted by Gasteiger charge is -2.56. The number of thioether (sulfide) groups is 1. The first-order chi connectivity index (χ1) is 17.3. The van der Waals surface area contributed by atoms with Crippen LogP contribution in [0.25, 0.3) is 0 Å². The zero-order valence-electron chi connectivity index (χ0n) is 21.5. The van der Waals surface area contributed by atoms with Crippen LogP contribution in [0.5, 0.6) is 0 Å². The summed E-state index contributed by atoms with van der Waals surface area (Å²) in [6.45, 7) is 2.23. The van der Waals surface area contributed by atoms with Gasteiger partial charge in [-0.05, 0) is 92.4 Å². The highest BCUT2D eigenvalue weighted by Gasteiger charge is 2.51. The molecule has 0 spiro atoms. The Morgan fingerprint density at radius 2 is 1.86 bits per heavy atom. The van der Waals surface area contributed by atoms with E-state index in [-0.39, 0.29) is 17.6 Å². The van der Waals surface area contributed by atoms with Crippen molar-refractivity contribution in [2.24, 2.45) is 36.1 Å². The van der Waals surface area contributed by atoms with Crippen molar-refractivity contribution in [2.75, 3.05) is 18.2 Å². The monoisotopic (exact) mass is 528 g/mol. The smallest absolute Gasteiger partial charge is 0.341 e. The summed E-state index contributed by atoms with van der Waals surface area (Å²) in [5.74, 6) is 4.12. The average Bonchev–Trinajstić information content (AvgIpc) is 3.35. The van der Waals surface area contributed by atoms with Crippen molar-refractivity contribution < 1.29 is 14.3 Å². The Kier molecular flexibility index (Phi) is 6.43. The van der Waals surface area contributed by atoms with E-state index >= 15 is 0 Å². The number of methoxy groups -OCH3 is 1. The van der Waals surface area contributed by atoms with Gasteiger partial charge in [-0.2, -0.15) is 0 Å². The Balaban J connectivity index is 1.11. The van der Waals surface area contributed by atoms with Crippen molar-refractivity contribution in [3.63, 3.8) is 0 Å². The topological polar surface area (TPSA) is 86.1 Å². The van der Waals surface area contributed by atoms with Crippen LogP contribution in [0.1, 0.15) is 78.5 Å². The number of rotatable bonds is 7. The molecule has 9 heteroatoms. The average molecular weight is 529 g/mol. The van der Waals surface area contributed by atoms with Crippen molar-refractivity contribution in [1.82, 2.24) is 14.8 Å². The molecule has 2 aromatic heterocycles. The summed E-state index contributed by atoms with van der Waals surface area (Å²) in [4.78, 5) is 26.6. The Morgan fingerprint density at radius 3 is 2.53 bits per heavy atom. The third kappa shape index (κ3) is 4.51. The molecule has 5 aliphatic carbocycles. The number of fused-ring (bicyclic) bond motifs is 1. The van der Waals surface area contributed by atoms with E-state index in [0.717, 1.165) is 60.0 Å². The quantitative estimate of drug-likeness (QED) is 0.389. The summed E-state index contributed by atoms with van der Waals surface area (Å²) in [5.41, 5.74) is 2.00. The Morgan fingerprint density at radius 1 is 1.17 bits per heavy atom. The second-order valence-corrected chi connectivity index (χ2v) is 14.0. The molecular weight excluding hydrogens is 492 g/mol. The zero-order valence-corrected chi connectivity index (χ0v) is 23.1. The molecule has 1 unspecified atom stereocenters. The largest absolute Gasteiger partial charge is 0.465 e. The van der Waals surface area contributed by atoms with Gasteiger partial charge in [0.1, 0.15) is 10.8 Å². The van der Waals surface area contributed by atoms with Gasteiger partial charge in [-0.1, -0.05) is 18.7 Å². The summed E-state index contributed by atoms with van der Waals surface area (Å²) in [6.07, 6.45) is 12.2. The molecule has 4 bridgehead atoms. The molecule has 36 heavy (non-hydrogen) atoms. The maximum absolute atomic E-state index is 12.9. The molecule has 2 aromatic rings. The van der Waals surface area contributed by atoms with Gasteiger partial charge in [0.25, 0.3) is 0 Å². The number of anilines is 1. The number of amides is 1. The van der Waals surface area contributed by atoms with Gasteiger partial charge in [0, 0.05) is 18.3 Å². The molecule has 2 heterocycles. The maximum atomic E-state index is 12.9. The summed E-state index contributed by atoms with van der Waals surface area (Å²) in [7, 11) is 3.42. The molecule has 0 aromatic carbocycles. The normalized spacial score (nSPS) is 30.3. The van der Waals surface area contributed by atoms with Crippen LogP contribution >= 0.6 is 23.1 Å². The van der Waals surface area contributed by atoms with Gasteiger partial charge in [0.15, 0.2) is 5.16 Å². The standard InChI is InChI=1S/C27H36N4O3S2/c1-15-4-5-19-20(6-15)36-24(23(19)25(33)34-3)28-22(32)14-35-26-30-29-21(31(26)2)13-27-10-16-7-17(11-27)9-18(8-16)12-27/h15-18H,4-14H2,1-3H3,(H,28,32). The van der Waals surface area contributed by atoms with Crippen molar-refractivity contribution in [3.05, 3.63) is 21.8 Å². The Hall–Kier alpha value is -1.87. The van der Waals surface area contributed by atoms with E-state index in [0.29, 0.717) is 21.9 Å². The first-order valence-electron chi connectivity index (χ1n) is 13.4. The number of esters is 1. The fraction of sp³-hybridized carbons (Fsp3) is 0.704. The molecule has 1 N–H and O–H groups in total. The van der Waals surface area contributed by atoms with Crippen LogP contribution < -0.4 is 5.32 Å². The van der Waals surface area contributed by atoms with Crippen molar-refractivity contribution in [3.8, 4) is 0 Å². The predicted molar refractivity (Wildman–Crippen MR) is 142 cm³/mol. The minimum Gasteiger partial charge on any atom is -0.465 e. The van der Waals surface area contributed by atoms with Crippen LogP contribution in [-0.4, -0.2) is 39.5 Å². The minimum atomic E-state index is -0.368. The molecule has 1 amide bonds. The molecule has 4 saturated carbocycles. The summed E-state index contributed by atoms with van der Waals surface area (Å²) >= 11 is 2.93. The predicted octanol–water partition coefficient (Wildman–Crippen LogP) is 5.28. The highest BCUT2D eigenvalue weighted by Crippen LogP contribution is 2.61. The molecule has 1 atom stereocenters. The van der Waals surface area contributed by atoms with Crippen LogP contribution in [0.2, 0.25) is 0 Å². The lowest BCUT2D eigenvalue weighted by atomic mass is 9.49. The van der Waals surface area contributed by atoms with Crippen LogP contribution in [0.4, 0.5) is 5.00 Å². The number of aromatic nitrogens is 3. The van der Waals surface area contributed by atoms with Gasteiger partial charge >= 0.3 is 5.97 Å².